The van der Waals surface area contributed by atoms with Gasteiger partial charge in [0.2, 0.25) is 5.91 Å². The minimum Gasteiger partial charge on any atom is -0.492 e. The molecule has 0 aliphatic heterocycles. The first-order valence-corrected chi connectivity index (χ1v) is 11.2. The maximum atomic E-state index is 13.1. The molecule has 7 heteroatoms. The number of carbonyl (C=O) groups excluding carboxylic acids is 1. The van der Waals surface area contributed by atoms with Gasteiger partial charge >= 0.3 is 0 Å². The first kappa shape index (κ1) is 20.5. The molecule has 0 bridgehead atoms. The van der Waals surface area contributed by atoms with Gasteiger partial charge in [0.05, 0.1) is 28.4 Å². The van der Waals surface area contributed by atoms with E-state index in [1.165, 1.54) is 11.8 Å². The number of ether oxygens (including phenoxy) is 1. The van der Waals surface area contributed by atoms with Gasteiger partial charge in [-0.25, -0.2) is 4.98 Å². The first-order chi connectivity index (χ1) is 14.6. The summed E-state index contributed by atoms with van der Waals surface area (Å²) in [5.41, 5.74) is 1.29. The Labute approximate surface area is 179 Å². The van der Waals surface area contributed by atoms with Crippen molar-refractivity contribution in [2.45, 2.75) is 49.6 Å². The molecule has 1 heterocycles. The molecular formula is C23H25N3O3S. The average molecular weight is 424 g/mol. The fourth-order valence-electron chi connectivity index (χ4n) is 3.38. The Hall–Kier alpha value is -2.80. The Kier molecular flexibility index (Phi) is 6.08. The molecule has 2 aromatic carbocycles. The zero-order valence-electron chi connectivity index (χ0n) is 17.1. The monoisotopic (exact) mass is 423 g/mol. The molecule has 6 nitrogen and oxygen atoms in total. The molecule has 0 spiro atoms. The van der Waals surface area contributed by atoms with E-state index in [1.807, 2.05) is 62.4 Å². The molecular weight excluding hydrogens is 398 g/mol. The number of hydrogen-bond donors (Lipinski definition) is 1. The molecule has 1 amide bonds. The van der Waals surface area contributed by atoms with E-state index in [1.54, 1.807) is 4.57 Å². The summed E-state index contributed by atoms with van der Waals surface area (Å²) in [5.74, 6) is 0.520. The predicted molar refractivity (Wildman–Crippen MR) is 120 cm³/mol. The maximum Gasteiger partial charge on any atom is 0.262 e. The summed E-state index contributed by atoms with van der Waals surface area (Å²) < 4.78 is 7.39. The van der Waals surface area contributed by atoms with E-state index in [0.29, 0.717) is 40.5 Å². The molecule has 156 valence electrons. The molecule has 1 aromatic heterocycles. The number of nitrogens with zero attached hydrogens (tertiary/aromatic N) is 2. The average Bonchev–Trinajstić information content (AvgIpc) is 3.58. The maximum absolute atomic E-state index is 13.1. The van der Waals surface area contributed by atoms with E-state index in [4.69, 9.17) is 9.72 Å². The molecule has 1 fully saturated rings. The molecule has 0 saturated heterocycles. The van der Waals surface area contributed by atoms with Crippen LogP contribution in [0.2, 0.25) is 0 Å². The van der Waals surface area contributed by atoms with Crippen LogP contribution in [0.4, 0.5) is 5.69 Å². The molecule has 0 unspecified atom stereocenters. The summed E-state index contributed by atoms with van der Waals surface area (Å²) in [7, 11) is 0. The third kappa shape index (κ3) is 4.21. The second-order valence-electron chi connectivity index (χ2n) is 7.25. The number of aromatic nitrogens is 2. The minimum atomic E-state index is -0.377. The molecule has 1 N–H and O–H groups in total. The van der Waals surface area contributed by atoms with E-state index >= 15 is 0 Å². The number of rotatable bonds is 8. The van der Waals surface area contributed by atoms with E-state index in [-0.39, 0.29) is 22.8 Å². The number of hydrogen-bond acceptors (Lipinski definition) is 5. The van der Waals surface area contributed by atoms with Crippen molar-refractivity contribution in [3.63, 3.8) is 0 Å². The molecule has 1 aliphatic rings. The second kappa shape index (κ2) is 8.92. The van der Waals surface area contributed by atoms with Crippen LogP contribution in [-0.4, -0.2) is 27.3 Å². The largest absolute Gasteiger partial charge is 0.492 e. The van der Waals surface area contributed by atoms with Crippen molar-refractivity contribution < 1.29 is 9.53 Å². The highest BCUT2D eigenvalue weighted by atomic mass is 32.2. The molecule has 0 radical (unpaired) electrons. The van der Waals surface area contributed by atoms with E-state index in [0.717, 1.165) is 12.8 Å². The van der Waals surface area contributed by atoms with E-state index in [2.05, 4.69) is 5.32 Å². The van der Waals surface area contributed by atoms with Crippen molar-refractivity contribution in [2.24, 2.45) is 0 Å². The van der Waals surface area contributed by atoms with Crippen molar-refractivity contribution >= 4 is 34.3 Å². The molecule has 1 atom stereocenters. The van der Waals surface area contributed by atoms with Crippen molar-refractivity contribution in [3.8, 4) is 5.75 Å². The Bertz CT molecular complexity index is 1120. The number of benzene rings is 2. The van der Waals surface area contributed by atoms with Crippen LogP contribution in [0.25, 0.3) is 10.9 Å². The third-order valence-electron chi connectivity index (χ3n) is 5.04. The van der Waals surface area contributed by atoms with Crippen LogP contribution in [0, 0.1) is 0 Å². The molecule has 3 aromatic rings. The normalized spacial score (nSPS) is 14.5. The Morgan fingerprint density at radius 3 is 2.67 bits per heavy atom. The summed E-state index contributed by atoms with van der Waals surface area (Å²) in [6.45, 7) is 4.39. The lowest BCUT2D eigenvalue weighted by Crippen LogP contribution is -2.28. The van der Waals surface area contributed by atoms with Gasteiger partial charge < -0.3 is 10.1 Å². The lowest BCUT2D eigenvalue weighted by atomic mass is 10.2. The topological polar surface area (TPSA) is 73.2 Å². The molecule has 1 saturated carbocycles. The number of amides is 1. The number of fused-ring (bicyclic) bond motifs is 1. The second-order valence-corrected chi connectivity index (χ2v) is 8.42. The van der Waals surface area contributed by atoms with Crippen LogP contribution < -0.4 is 15.6 Å². The van der Waals surface area contributed by atoms with Crippen molar-refractivity contribution in [1.82, 2.24) is 9.55 Å². The fourth-order valence-corrected chi connectivity index (χ4v) is 4.46. The Morgan fingerprint density at radius 2 is 1.93 bits per heavy atom. The summed E-state index contributed by atoms with van der Waals surface area (Å²) in [6.07, 6.45) is 2.55. The number of carbonyl (C=O) groups is 1. The van der Waals surface area contributed by atoms with Gasteiger partial charge in [-0.15, -0.1) is 0 Å². The van der Waals surface area contributed by atoms with Crippen molar-refractivity contribution in [3.05, 3.63) is 58.9 Å². The van der Waals surface area contributed by atoms with Gasteiger partial charge in [-0.3, -0.25) is 14.2 Å². The van der Waals surface area contributed by atoms with Gasteiger partial charge in [0.25, 0.3) is 5.56 Å². The fraction of sp³-hybridized carbons (Fsp3) is 0.348. The van der Waals surface area contributed by atoms with Gasteiger partial charge in [0, 0.05) is 6.04 Å². The highest BCUT2D eigenvalue weighted by Gasteiger charge is 2.30. The van der Waals surface area contributed by atoms with E-state index < -0.39 is 0 Å². The van der Waals surface area contributed by atoms with Crippen LogP contribution in [0.15, 0.2) is 58.5 Å². The zero-order chi connectivity index (χ0) is 21.1. The Morgan fingerprint density at radius 1 is 1.20 bits per heavy atom. The summed E-state index contributed by atoms with van der Waals surface area (Å²) in [6, 6.07) is 15.0. The summed E-state index contributed by atoms with van der Waals surface area (Å²) >= 11 is 1.36. The molecule has 1 aliphatic carbocycles. The smallest absolute Gasteiger partial charge is 0.262 e. The number of anilines is 1. The van der Waals surface area contributed by atoms with Gasteiger partial charge in [-0.1, -0.05) is 43.0 Å². The van der Waals surface area contributed by atoms with Crippen LogP contribution in [0.3, 0.4) is 0 Å². The lowest BCUT2D eigenvalue weighted by Gasteiger charge is -2.18. The highest BCUT2D eigenvalue weighted by Crippen LogP contribution is 2.38. The van der Waals surface area contributed by atoms with Crippen molar-refractivity contribution in [2.75, 3.05) is 11.9 Å². The lowest BCUT2D eigenvalue weighted by molar-refractivity contribution is -0.115. The number of thioether (sulfide) groups is 1. The SMILES string of the molecule is CCOc1ccccc1NC(=O)[C@H](CC)Sc1nc2ccccc2c(=O)n1C1CC1. The molecule has 4 rings (SSSR count). The molecule has 30 heavy (non-hydrogen) atoms. The first-order valence-electron chi connectivity index (χ1n) is 10.3. The highest BCUT2D eigenvalue weighted by molar-refractivity contribution is 8.00. The standard InChI is InChI=1S/C23H25N3O3S/c1-3-20(21(27)24-18-11-7-8-12-19(18)29-4-2)30-23-25-17-10-6-5-9-16(17)22(28)26(23)15-13-14-15/h5-12,15,20H,3-4,13-14H2,1-2H3,(H,24,27)/t20-/m0/s1. The number of nitrogens with one attached hydrogen (secondary N) is 1. The third-order valence-corrected chi connectivity index (χ3v) is 6.37. The van der Waals surface area contributed by atoms with E-state index in [9.17, 15) is 9.59 Å². The summed E-state index contributed by atoms with van der Waals surface area (Å²) in [5, 5.41) is 3.84. The summed E-state index contributed by atoms with van der Waals surface area (Å²) in [4.78, 5) is 30.9. The predicted octanol–water partition coefficient (Wildman–Crippen LogP) is 4.64. The van der Waals surface area contributed by atoms with Crippen LogP contribution in [-0.2, 0) is 4.79 Å². The van der Waals surface area contributed by atoms with Gasteiger partial charge in [-0.05, 0) is 50.5 Å². The van der Waals surface area contributed by atoms with Gasteiger partial charge in [0.1, 0.15) is 5.75 Å². The quantitative estimate of drug-likeness (QED) is 0.422. The van der Waals surface area contributed by atoms with Gasteiger partial charge in [-0.2, -0.15) is 0 Å². The Balaban J connectivity index is 1.62. The van der Waals surface area contributed by atoms with Crippen LogP contribution in [0.5, 0.6) is 5.75 Å². The minimum absolute atomic E-state index is 0.0254. The number of para-hydroxylation sites is 3. The zero-order valence-corrected chi connectivity index (χ0v) is 17.9. The van der Waals surface area contributed by atoms with Gasteiger partial charge in [0.15, 0.2) is 5.16 Å². The van der Waals surface area contributed by atoms with Crippen LogP contribution in [0.1, 0.15) is 39.2 Å². The van der Waals surface area contributed by atoms with Crippen LogP contribution >= 0.6 is 11.8 Å². The van der Waals surface area contributed by atoms with Crippen molar-refractivity contribution in [1.29, 1.82) is 0 Å².